The van der Waals surface area contributed by atoms with E-state index in [-0.39, 0.29) is 6.04 Å². The van der Waals surface area contributed by atoms with Gasteiger partial charge in [-0.05, 0) is 31.2 Å². The van der Waals surface area contributed by atoms with Gasteiger partial charge in [0.15, 0.2) is 0 Å². The van der Waals surface area contributed by atoms with Crippen molar-refractivity contribution >= 4 is 0 Å². The molecule has 0 amide bonds. The number of methoxy groups -OCH3 is 1. The lowest BCUT2D eigenvalue weighted by Crippen LogP contribution is -2.34. The topological polar surface area (TPSA) is 47.7 Å². The van der Waals surface area contributed by atoms with Crippen LogP contribution in [-0.4, -0.2) is 44.9 Å². The van der Waals surface area contributed by atoms with Crippen molar-refractivity contribution in [2.24, 2.45) is 5.73 Å². The van der Waals surface area contributed by atoms with Gasteiger partial charge in [-0.2, -0.15) is 0 Å². The molecule has 1 aromatic rings. The summed E-state index contributed by atoms with van der Waals surface area (Å²) < 4.78 is 10.5. The monoisotopic (exact) mass is 266 g/mol. The third-order valence-corrected chi connectivity index (χ3v) is 3.13. The van der Waals surface area contributed by atoms with Crippen LogP contribution in [0.5, 0.6) is 5.75 Å². The predicted octanol–water partition coefficient (Wildman–Crippen LogP) is 2.05. The number of hydrogen-bond donors (Lipinski definition) is 1. The van der Waals surface area contributed by atoms with Gasteiger partial charge < -0.3 is 15.2 Å². The van der Waals surface area contributed by atoms with Gasteiger partial charge in [0.1, 0.15) is 5.75 Å². The first kappa shape index (κ1) is 16.0. The van der Waals surface area contributed by atoms with E-state index in [4.69, 9.17) is 15.2 Å². The first-order valence-corrected chi connectivity index (χ1v) is 6.90. The molecular weight excluding hydrogens is 240 g/mol. The molecule has 19 heavy (non-hydrogen) atoms. The van der Waals surface area contributed by atoms with Crippen molar-refractivity contribution in [2.45, 2.75) is 19.9 Å². The lowest BCUT2D eigenvalue weighted by molar-refractivity contribution is 0.147. The van der Waals surface area contributed by atoms with Crippen LogP contribution in [0.1, 0.15) is 25.5 Å². The number of rotatable bonds is 9. The van der Waals surface area contributed by atoms with E-state index in [0.717, 1.165) is 37.6 Å². The van der Waals surface area contributed by atoms with E-state index in [9.17, 15) is 0 Å². The lowest BCUT2D eigenvalue weighted by atomic mass is 10.1. The van der Waals surface area contributed by atoms with E-state index in [1.54, 1.807) is 7.11 Å². The first-order chi connectivity index (χ1) is 9.21. The Morgan fingerprint density at radius 1 is 1.21 bits per heavy atom. The second kappa shape index (κ2) is 8.91. The first-order valence-electron chi connectivity index (χ1n) is 6.90. The van der Waals surface area contributed by atoms with Crippen LogP contribution < -0.4 is 10.5 Å². The highest BCUT2D eigenvalue weighted by Crippen LogP contribution is 2.17. The molecule has 0 saturated heterocycles. The summed E-state index contributed by atoms with van der Waals surface area (Å²) in [5.41, 5.74) is 7.38. The van der Waals surface area contributed by atoms with Crippen molar-refractivity contribution in [3.05, 3.63) is 29.8 Å². The minimum absolute atomic E-state index is 0.0208. The zero-order chi connectivity index (χ0) is 14.1. The quantitative estimate of drug-likeness (QED) is 0.743. The van der Waals surface area contributed by atoms with E-state index >= 15 is 0 Å². The molecule has 4 heteroatoms. The number of nitrogens with two attached hydrogens (primary N) is 1. The zero-order valence-electron chi connectivity index (χ0n) is 12.3. The van der Waals surface area contributed by atoms with Crippen LogP contribution in [0.25, 0.3) is 0 Å². The largest absolute Gasteiger partial charge is 0.494 e. The molecule has 1 aromatic carbocycles. The highest BCUT2D eigenvalue weighted by Gasteiger charge is 2.11. The Morgan fingerprint density at radius 3 is 2.42 bits per heavy atom. The predicted molar refractivity (Wildman–Crippen MR) is 78.5 cm³/mol. The molecule has 1 atom stereocenters. The molecule has 2 N–H and O–H groups in total. The maximum absolute atomic E-state index is 6.24. The number of ether oxygens (including phenoxy) is 2. The highest BCUT2D eigenvalue weighted by molar-refractivity contribution is 5.29. The van der Waals surface area contributed by atoms with Crippen molar-refractivity contribution < 1.29 is 9.47 Å². The van der Waals surface area contributed by atoms with Crippen molar-refractivity contribution in [3.8, 4) is 5.75 Å². The van der Waals surface area contributed by atoms with Crippen molar-refractivity contribution in [3.63, 3.8) is 0 Å². The summed E-state index contributed by atoms with van der Waals surface area (Å²) in [5, 5.41) is 0. The third kappa shape index (κ3) is 5.59. The molecule has 0 bridgehead atoms. The molecule has 1 unspecified atom stereocenters. The molecule has 0 fully saturated rings. The third-order valence-electron chi connectivity index (χ3n) is 3.13. The zero-order valence-corrected chi connectivity index (χ0v) is 12.3. The SMILES string of the molecule is CCOc1ccc(C(N)CN(CC)CCOC)cc1. The fourth-order valence-electron chi connectivity index (χ4n) is 1.96. The van der Waals surface area contributed by atoms with E-state index in [0.29, 0.717) is 6.61 Å². The van der Waals surface area contributed by atoms with Gasteiger partial charge in [0.25, 0.3) is 0 Å². The molecule has 0 aliphatic carbocycles. The van der Waals surface area contributed by atoms with Gasteiger partial charge in [0.2, 0.25) is 0 Å². The van der Waals surface area contributed by atoms with Crippen LogP contribution in [0.15, 0.2) is 24.3 Å². The summed E-state index contributed by atoms with van der Waals surface area (Å²) in [6.07, 6.45) is 0. The fourth-order valence-corrected chi connectivity index (χ4v) is 1.96. The highest BCUT2D eigenvalue weighted by atomic mass is 16.5. The molecule has 4 nitrogen and oxygen atoms in total. The number of benzene rings is 1. The van der Waals surface area contributed by atoms with E-state index in [1.807, 2.05) is 31.2 Å². The number of nitrogens with zero attached hydrogens (tertiary/aromatic N) is 1. The Balaban J connectivity index is 2.53. The number of hydrogen-bond acceptors (Lipinski definition) is 4. The molecule has 0 heterocycles. The summed E-state index contributed by atoms with van der Waals surface area (Å²) in [6.45, 7) is 8.28. The molecule has 0 aliphatic heterocycles. The summed E-state index contributed by atoms with van der Waals surface area (Å²) in [6, 6.07) is 8.06. The molecule has 0 spiro atoms. The maximum Gasteiger partial charge on any atom is 0.119 e. The van der Waals surface area contributed by atoms with E-state index < -0.39 is 0 Å². The van der Waals surface area contributed by atoms with Crippen molar-refractivity contribution in [1.29, 1.82) is 0 Å². The van der Waals surface area contributed by atoms with Gasteiger partial charge in [-0.25, -0.2) is 0 Å². The second-order valence-electron chi connectivity index (χ2n) is 4.49. The van der Waals surface area contributed by atoms with Gasteiger partial charge in [-0.3, -0.25) is 4.90 Å². The maximum atomic E-state index is 6.24. The van der Waals surface area contributed by atoms with Gasteiger partial charge >= 0.3 is 0 Å². The Kier molecular flexibility index (Phi) is 7.48. The Hall–Kier alpha value is -1.10. The average molecular weight is 266 g/mol. The fraction of sp³-hybridized carbons (Fsp3) is 0.600. The lowest BCUT2D eigenvalue weighted by Gasteiger charge is -2.24. The van der Waals surface area contributed by atoms with E-state index in [2.05, 4.69) is 11.8 Å². The van der Waals surface area contributed by atoms with Crippen LogP contribution in [0.2, 0.25) is 0 Å². The minimum Gasteiger partial charge on any atom is -0.494 e. The molecular formula is C15H26N2O2. The normalized spacial score (nSPS) is 12.7. The van der Waals surface area contributed by atoms with Gasteiger partial charge in [-0.15, -0.1) is 0 Å². The van der Waals surface area contributed by atoms with Gasteiger partial charge in [-0.1, -0.05) is 19.1 Å². The average Bonchev–Trinajstić information content (AvgIpc) is 2.44. The summed E-state index contributed by atoms with van der Waals surface area (Å²) >= 11 is 0. The molecule has 0 radical (unpaired) electrons. The van der Waals surface area contributed by atoms with Crippen LogP contribution >= 0.6 is 0 Å². The Morgan fingerprint density at radius 2 is 1.89 bits per heavy atom. The summed E-state index contributed by atoms with van der Waals surface area (Å²) in [5.74, 6) is 0.894. The van der Waals surface area contributed by atoms with Crippen molar-refractivity contribution in [1.82, 2.24) is 4.90 Å². The van der Waals surface area contributed by atoms with Crippen LogP contribution in [-0.2, 0) is 4.74 Å². The van der Waals surface area contributed by atoms with Crippen LogP contribution in [0.3, 0.4) is 0 Å². The second-order valence-corrected chi connectivity index (χ2v) is 4.49. The van der Waals surface area contributed by atoms with Crippen LogP contribution in [0, 0.1) is 0 Å². The van der Waals surface area contributed by atoms with E-state index in [1.165, 1.54) is 0 Å². The minimum atomic E-state index is 0.0208. The van der Waals surface area contributed by atoms with Crippen LogP contribution in [0.4, 0.5) is 0 Å². The molecule has 0 aliphatic rings. The van der Waals surface area contributed by atoms with Gasteiger partial charge in [0, 0.05) is 26.2 Å². The Bertz CT molecular complexity index is 341. The molecule has 1 rings (SSSR count). The molecule has 0 saturated carbocycles. The smallest absolute Gasteiger partial charge is 0.119 e. The number of likely N-dealkylation sites (N-methyl/N-ethyl adjacent to an activating group) is 1. The van der Waals surface area contributed by atoms with Crippen molar-refractivity contribution in [2.75, 3.05) is 40.0 Å². The Labute approximate surface area is 116 Å². The molecule has 0 aromatic heterocycles. The summed E-state index contributed by atoms with van der Waals surface area (Å²) in [4.78, 5) is 2.30. The molecule has 108 valence electrons. The summed E-state index contributed by atoms with van der Waals surface area (Å²) in [7, 11) is 1.72. The van der Waals surface area contributed by atoms with Gasteiger partial charge in [0.05, 0.1) is 13.2 Å². The standard InChI is InChI=1S/C15H26N2O2/c1-4-17(10-11-18-3)12-15(16)13-6-8-14(9-7-13)19-5-2/h6-9,15H,4-5,10-12,16H2,1-3H3.